The first kappa shape index (κ1) is 18.4. The lowest BCUT2D eigenvalue weighted by Gasteiger charge is -2.15. The van der Waals surface area contributed by atoms with Crippen molar-refractivity contribution in [2.75, 3.05) is 7.11 Å². The maximum Gasteiger partial charge on any atom is 0.318 e. The van der Waals surface area contributed by atoms with E-state index < -0.39 is 17.2 Å². The number of benzene rings is 2. The summed E-state index contributed by atoms with van der Waals surface area (Å²) in [6.07, 6.45) is 0. The molecule has 0 aliphatic carbocycles. The van der Waals surface area contributed by atoms with Crippen LogP contribution in [0.1, 0.15) is 10.8 Å². The highest BCUT2D eigenvalue weighted by Crippen LogP contribution is 2.36. The SMILES string of the molecule is COc1ccccc1-n1nnnc1S[C@H](C(=O)NC(N)=O)c1ccccc1. The number of nitrogens with one attached hydrogen (secondary N) is 1. The number of hydrogen-bond donors (Lipinski definition) is 2. The maximum absolute atomic E-state index is 12.5. The first-order valence-corrected chi connectivity index (χ1v) is 8.71. The molecule has 3 rings (SSSR count). The van der Waals surface area contributed by atoms with Gasteiger partial charge < -0.3 is 10.5 Å². The molecule has 1 heterocycles. The van der Waals surface area contributed by atoms with Gasteiger partial charge in [0.2, 0.25) is 11.1 Å². The summed E-state index contributed by atoms with van der Waals surface area (Å²) < 4.78 is 6.82. The van der Waals surface area contributed by atoms with Gasteiger partial charge in [-0.05, 0) is 28.1 Å². The van der Waals surface area contributed by atoms with Crippen LogP contribution in [-0.4, -0.2) is 39.3 Å². The molecule has 3 N–H and O–H groups in total. The molecule has 2 aromatic carbocycles. The molecule has 0 radical (unpaired) electrons. The van der Waals surface area contributed by atoms with Crippen LogP contribution in [-0.2, 0) is 4.79 Å². The summed E-state index contributed by atoms with van der Waals surface area (Å²) >= 11 is 1.09. The third kappa shape index (κ3) is 4.23. The molecule has 0 spiro atoms. The minimum absolute atomic E-state index is 0.355. The number of rotatable bonds is 6. The van der Waals surface area contributed by atoms with Crippen molar-refractivity contribution in [1.29, 1.82) is 0 Å². The second-order valence-electron chi connectivity index (χ2n) is 5.31. The lowest BCUT2D eigenvalue weighted by Crippen LogP contribution is -2.37. The zero-order valence-corrected chi connectivity index (χ0v) is 15.1. The number of urea groups is 1. The van der Waals surface area contributed by atoms with Crippen molar-refractivity contribution in [3.8, 4) is 11.4 Å². The van der Waals surface area contributed by atoms with Gasteiger partial charge in [0.1, 0.15) is 16.7 Å². The average molecular weight is 384 g/mol. The highest BCUT2D eigenvalue weighted by Gasteiger charge is 2.26. The van der Waals surface area contributed by atoms with Crippen LogP contribution in [0.5, 0.6) is 5.75 Å². The quantitative estimate of drug-likeness (QED) is 0.620. The monoisotopic (exact) mass is 384 g/mol. The van der Waals surface area contributed by atoms with Gasteiger partial charge in [0.15, 0.2) is 0 Å². The van der Waals surface area contributed by atoms with Crippen LogP contribution >= 0.6 is 11.8 Å². The molecule has 0 aliphatic heterocycles. The van der Waals surface area contributed by atoms with Crippen molar-refractivity contribution < 1.29 is 14.3 Å². The van der Waals surface area contributed by atoms with Crippen LogP contribution in [0.4, 0.5) is 4.79 Å². The van der Waals surface area contributed by atoms with Crippen molar-refractivity contribution in [1.82, 2.24) is 25.5 Å². The van der Waals surface area contributed by atoms with E-state index in [-0.39, 0.29) is 0 Å². The summed E-state index contributed by atoms with van der Waals surface area (Å²) in [4.78, 5) is 23.7. The normalized spacial score (nSPS) is 11.6. The first-order chi connectivity index (χ1) is 13.1. The Balaban J connectivity index is 1.97. The van der Waals surface area contributed by atoms with E-state index in [1.54, 1.807) is 43.5 Å². The fourth-order valence-corrected chi connectivity index (χ4v) is 3.39. The highest BCUT2D eigenvalue weighted by molar-refractivity contribution is 8.00. The third-order valence-corrected chi connectivity index (χ3v) is 4.75. The Kier molecular flexibility index (Phi) is 5.67. The van der Waals surface area contributed by atoms with Gasteiger partial charge in [0, 0.05) is 0 Å². The number of amides is 3. The van der Waals surface area contributed by atoms with Crippen molar-refractivity contribution in [2.45, 2.75) is 10.4 Å². The fourth-order valence-electron chi connectivity index (χ4n) is 2.40. The number of imide groups is 1. The van der Waals surface area contributed by atoms with E-state index in [0.717, 1.165) is 11.8 Å². The Hall–Kier alpha value is -3.40. The number of aromatic nitrogens is 4. The number of nitrogens with zero attached hydrogens (tertiary/aromatic N) is 4. The topological polar surface area (TPSA) is 125 Å². The molecule has 0 saturated heterocycles. The molecule has 0 aliphatic rings. The van der Waals surface area contributed by atoms with Crippen molar-refractivity contribution in [3.63, 3.8) is 0 Å². The lowest BCUT2D eigenvalue weighted by atomic mass is 10.1. The first-order valence-electron chi connectivity index (χ1n) is 7.84. The van der Waals surface area contributed by atoms with E-state index in [1.165, 1.54) is 4.68 Å². The van der Waals surface area contributed by atoms with Crippen LogP contribution in [0.3, 0.4) is 0 Å². The molecule has 138 valence electrons. The molecule has 9 nitrogen and oxygen atoms in total. The Morgan fingerprint density at radius 3 is 2.56 bits per heavy atom. The van der Waals surface area contributed by atoms with E-state index in [0.29, 0.717) is 22.2 Å². The predicted molar refractivity (Wildman–Crippen MR) is 98.5 cm³/mol. The van der Waals surface area contributed by atoms with Gasteiger partial charge in [0.05, 0.1) is 7.11 Å². The van der Waals surface area contributed by atoms with E-state index in [2.05, 4.69) is 20.8 Å². The zero-order valence-electron chi connectivity index (χ0n) is 14.3. The van der Waals surface area contributed by atoms with Crippen LogP contribution < -0.4 is 15.8 Å². The minimum atomic E-state index is -0.925. The van der Waals surface area contributed by atoms with E-state index in [1.807, 2.05) is 18.2 Å². The van der Waals surface area contributed by atoms with Crippen LogP contribution in [0, 0.1) is 0 Å². The van der Waals surface area contributed by atoms with Gasteiger partial charge in [-0.25, -0.2) is 4.79 Å². The largest absolute Gasteiger partial charge is 0.494 e. The Morgan fingerprint density at radius 1 is 1.15 bits per heavy atom. The third-order valence-electron chi connectivity index (χ3n) is 3.56. The Morgan fingerprint density at radius 2 is 1.85 bits per heavy atom. The summed E-state index contributed by atoms with van der Waals surface area (Å²) in [7, 11) is 1.54. The molecule has 3 amide bonds. The van der Waals surface area contributed by atoms with Gasteiger partial charge in [-0.15, -0.1) is 5.10 Å². The van der Waals surface area contributed by atoms with Crippen LogP contribution in [0.15, 0.2) is 59.8 Å². The number of methoxy groups -OCH3 is 1. The number of hydrogen-bond acceptors (Lipinski definition) is 7. The molecule has 1 atom stereocenters. The molecule has 0 saturated carbocycles. The second kappa shape index (κ2) is 8.32. The maximum atomic E-state index is 12.5. The Labute approximate surface area is 158 Å². The number of nitrogens with two attached hydrogens (primary N) is 1. The van der Waals surface area contributed by atoms with E-state index in [4.69, 9.17) is 10.5 Å². The van der Waals surface area contributed by atoms with E-state index in [9.17, 15) is 9.59 Å². The Bertz CT molecular complexity index is 947. The number of tetrazole rings is 1. The molecule has 1 aromatic heterocycles. The van der Waals surface area contributed by atoms with Crippen molar-refractivity contribution >= 4 is 23.7 Å². The van der Waals surface area contributed by atoms with Gasteiger partial charge >= 0.3 is 6.03 Å². The van der Waals surface area contributed by atoms with Crippen molar-refractivity contribution in [2.24, 2.45) is 5.73 Å². The van der Waals surface area contributed by atoms with Crippen molar-refractivity contribution in [3.05, 3.63) is 60.2 Å². The number of carbonyl (C=O) groups excluding carboxylic acids is 2. The average Bonchev–Trinajstić information content (AvgIpc) is 3.14. The van der Waals surface area contributed by atoms with Gasteiger partial charge in [0.25, 0.3) is 0 Å². The molecule has 27 heavy (non-hydrogen) atoms. The van der Waals surface area contributed by atoms with Gasteiger partial charge in [-0.1, -0.05) is 54.2 Å². The summed E-state index contributed by atoms with van der Waals surface area (Å²) in [5, 5.41) is 13.4. The highest BCUT2D eigenvalue weighted by atomic mass is 32.2. The molecular weight excluding hydrogens is 368 g/mol. The molecule has 0 bridgehead atoms. The smallest absolute Gasteiger partial charge is 0.318 e. The number of para-hydroxylation sites is 2. The second-order valence-corrected chi connectivity index (χ2v) is 6.38. The molecule has 3 aromatic rings. The van der Waals surface area contributed by atoms with Crippen LogP contribution in [0.2, 0.25) is 0 Å². The minimum Gasteiger partial charge on any atom is -0.494 e. The predicted octanol–water partition coefficient (Wildman–Crippen LogP) is 1.70. The number of primary amides is 1. The molecular formula is C17H16N6O3S. The number of thioether (sulfide) groups is 1. The summed E-state index contributed by atoms with van der Waals surface area (Å²) in [5.41, 5.74) is 6.40. The number of ether oxygens (including phenoxy) is 1. The summed E-state index contributed by atoms with van der Waals surface area (Å²) in [6.45, 7) is 0. The molecule has 0 unspecified atom stereocenters. The van der Waals surface area contributed by atoms with Crippen LogP contribution in [0.25, 0.3) is 5.69 Å². The summed E-state index contributed by atoms with van der Waals surface area (Å²) in [5.74, 6) is 0.0118. The molecule has 10 heteroatoms. The lowest BCUT2D eigenvalue weighted by molar-refractivity contribution is -0.119. The standard InChI is InChI=1S/C17H16N6O3S/c1-26-13-10-6-5-9-12(13)23-17(20-21-22-23)27-14(15(24)19-16(18)25)11-7-3-2-4-8-11/h2-10,14H,1H3,(H3,18,19,24,25)/t14-/m0/s1. The van der Waals surface area contributed by atoms with Gasteiger partial charge in [-0.3, -0.25) is 10.1 Å². The van der Waals surface area contributed by atoms with E-state index >= 15 is 0 Å². The fraction of sp³-hybridized carbons (Fsp3) is 0.118. The number of carbonyl (C=O) groups is 2. The zero-order chi connectivity index (χ0) is 19.2. The summed E-state index contributed by atoms with van der Waals surface area (Å²) in [6, 6.07) is 15.3. The molecule has 0 fully saturated rings. The van der Waals surface area contributed by atoms with Gasteiger partial charge in [-0.2, -0.15) is 4.68 Å².